The van der Waals surface area contributed by atoms with Gasteiger partial charge in [0, 0.05) is 10.9 Å². The van der Waals surface area contributed by atoms with Crippen LogP contribution < -0.4 is 10.6 Å². The molecule has 0 saturated heterocycles. The summed E-state index contributed by atoms with van der Waals surface area (Å²) in [7, 11) is 0. The minimum absolute atomic E-state index is 0.0278. The van der Waals surface area contributed by atoms with E-state index in [0.717, 1.165) is 16.3 Å². The Balaban J connectivity index is 2.01. The van der Waals surface area contributed by atoms with E-state index in [-0.39, 0.29) is 23.1 Å². The Morgan fingerprint density at radius 3 is 2.26 bits per heavy atom. The Kier molecular flexibility index (Phi) is 6.76. The highest BCUT2D eigenvalue weighted by molar-refractivity contribution is 7.09. The zero-order chi connectivity index (χ0) is 20.2. The summed E-state index contributed by atoms with van der Waals surface area (Å²) in [6.07, 6.45) is 0. The van der Waals surface area contributed by atoms with Crippen molar-refractivity contribution in [3.05, 3.63) is 51.5 Å². The van der Waals surface area contributed by atoms with E-state index in [1.165, 1.54) is 0 Å². The highest BCUT2D eigenvalue weighted by Crippen LogP contribution is 2.22. The van der Waals surface area contributed by atoms with Gasteiger partial charge >= 0.3 is 0 Å². The number of benzene rings is 1. The van der Waals surface area contributed by atoms with Gasteiger partial charge in [0.05, 0.1) is 17.2 Å². The fraction of sp³-hybridized carbons (Fsp3) is 0.476. The number of aromatic nitrogens is 1. The summed E-state index contributed by atoms with van der Waals surface area (Å²) in [6.45, 7) is 12.5. The third kappa shape index (κ3) is 5.89. The van der Waals surface area contributed by atoms with Gasteiger partial charge in [-0.1, -0.05) is 46.8 Å². The molecule has 0 fully saturated rings. The second-order valence-corrected chi connectivity index (χ2v) is 9.16. The van der Waals surface area contributed by atoms with Gasteiger partial charge in [0.2, 0.25) is 5.91 Å². The zero-order valence-electron chi connectivity index (χ0n) is 16.9. The molecule has 2 rings (SSSR count). The first-order valence-corrected chi connectivity index (χ1v) is 10.1. The van der Waals surface area contributed by atoms with Crippen molar-refractivity contribution >= 4 is 23.2 Å². The molecule has 2 aromatic rings. The van der Waals surface area contributed by atoms with E-state index in [4.69, 9.17) is 0 Å². The molecule has 0 bridgehead atoms. The SMILES string of the molecule is Cc1nc(CNC(=O)C(NC(=O)c2ccc(C(C)(C)C)cc2)C(C)C)cs1. The second-order valence-electron chi connectivity index (χ2n) is 8.10. The highest BCUT2D eigenvalue weighted by Gasteiger charge is 2.25. The van der Waals surface area contributed by atoms with Crippen LogP contribution in [0.25, 0.3) is 0 Å². The van der Waals surface area contributed by atoms with E-state index in [9.17, 15) is 9.59 Å². The van der Waals surface area contributed by atoms with Crippen molar-refractivity contribution < 1.29 is 9.59 Å². The Labute approximate surface area is 165 Å². The molecule has 146 valence electrons. The molecule has 0 aliphatic heterocycles. The van der Waals surface area contributed by atoms with Gasteiger partial charge in [0.1, 0.15) is 6.04 Å². The predicted octanol–water partition coefficient (Wildman–Crippen LogP) is 3.82. The van der Waals surface area contributed by atoms with Crippen LogP contribution in [0.3, 0.4) is 0 Å². The standard InChI is InChI=1S/C21H29N3O2S/c1-13(2)18(20(26)22-11-17-12-27-14(3)23-17)24-19(25)15-7-9-16(10-8-15)21(4,5)6/h7-10,12-13,18H,11H2,1-6H3,(H,22,26)(H,24,25). The summed E-state index contributed by atoms with van der Waals surface area (Å²) in [5.41, 5.74) is 2.58. The molecular formula is C21H29N3O2S. The lowest BCUT2D eigenvalue weighted by Crippen LogP contribution is -2.49. The van der Waals surface area contributed by atoms with Crippen LogP contribution in [-0.2, 0) is 16.8 Å². The van der Waals surface area contributed by atoms with Gasteiger partial charge in [-0.25, -0.2) is 4.98 Å². The van der Waals surface area contributed by atoms with Gasteiger partial charge in [-0.05, 0) is 36.0 Å². The maximum atomic E-state index is 12.6. The Bertz CT molecular complexity index is 789. The number of carbonyl (C=O) groups is 2. The van der Waals surface area contributed by atoms with Crippen molar-refractivity contribution in [1.29, 1.82) is 0 Å². The summed E-state index contributed by atoms with van der Waals surface area (Å²) in [5, 5.41) is 8.62. The fourth-order valence-corrected chi connectivity index (χ4v) is 3.27. The summed E-state index contributed by atoms with van der Waals surface area (Å²) in [6, 6.07) is 6.94. The molecule has 1 atom stereocenters. The van der Waals surface area contributed by atoms with Crippen LogP contribution in [0.2, 0.25) is 0 Å². The number of thiazole rings is 1. The lowest BCUT2D eigenvalue weighted by atomic mass is 9.86. The number of hydrogen-bond acceptors (Lipinski definition) is 4. The number of amides is 2. The summed E-state index contributed by atoms with van der Waals surface area (Å²) in [5.74, 6) is -0.468. The van der Waals surface area contributed by atoms with E-state index in [0.29, 0.717) is 12.1 Å². The second kappa shape index (κ2) is 8.65. The maximum absolute atomic E-state index is 12.6. The first kappa shape index (κ1) is 21.1. The van der Waals surface area contributed by atoms with Crippen molar-refractivity contribution in [2.45, 2.75) is 59.5 Å². The van der Waals surface area contributed by atoms with Crippen LogP contribution in [0.1, 0.15) is 61.2 Å². The molecule has 0 aliphatic carbocycles. The summed E-state index contributed by atoms with van der Waals surface area (Å²) >= 11 is 1.55. The first-order valence-electron chi connectivity index (χ1n) is 9.18. The number of nitrogens with zero attached hydrogens (tertiary/aromatic N) is 1. The molecule has 1 aromatic carbocycles. The molecule has 1 heterocycles. The van der Waals surface area contributed by atoms with Crippen LogP contribution in [0.5, 0.6) is 0 Å². The van der Waals surface area contributed by atoms with E-state index in [1.54, 1.807) is 11.3 Å². The fourth-order valence-electron chi connectivity index (χ4n) is 2.66. The van der Waals surface area contributed by atoms with Crippen LogP contribution in [0, 0.1) is 12.8 Å². The molecule has 2 N–H and O–H groups in total. The van der Waals surface area contributed by atoms with Gasteiger partial charge in [0.25, 0.3) is 5.91 Å². The first-order chi connectivity index (χ1) is 12.6. The predicted molar refractivity (Wildman–Crippen MR) is 110 cm³/mol. The highest BCUT2D eigenvalue weighted by atomic mass is 32.1. The van der Waals surface area contributed by atoms with Gasteiger partial charge in [0.15, 0.2) is 0 Å². The van der Waals surface area contributed by atoms with Gasteiger partial charge < -0.3 is 10.6 Å². The van der Waals surface area contributed by atoms with Crippen molar-refractivity contribution in [2.24, 2.45) is 5.92 Å². The lowest BCUT2D eigenvalue weighted by molar-refractivity contribution is -0.124. The molecular weight excluding hydrogens is 358 g/mol. The third-order valence-corrected chi connectivity index (χ3v) is 5.18. The Morgan fingerprint density at radius 1 is 1.15 bits per heavy atom. The summed E-state index contributed by atoms with van der Waals surface area (Å²) < 4.78 is 0. The van der Waals surface area contributed by atoms with Crippen molar-refractivity contribution in [3.63, 3.8) is 0 Å². The van der Waals surface area contributed by atoms with Gasteiger partial charge in [-0.2, -0.15) is 0 Å². The number of carbonyl (C=O) groups excluding carboxylic acids is 2. The monoisotopic (exact) mass is 387 g/mol. The molecule has 5 nitrogen and oxygen atoms in total. The largest absolute Gasteiger partial charge is 0.349 e. The van der Waals surface area contributed by atoms with E-state index >= 15 is 0 Å². The lowest BCUT2D eigenvalue weighted by Gasteiger charge is -2.22. The molecule has 1 unspecified atom stereocenters. The molecule has 1 aromatic heterocycles. The summed E-state index contributed by atoms with van der Waals surface area (Å²) in [4.78, 5) is 29.5. The normalized spacial score (nSPS) is 12.7. The molecule has 0 aliphatic rings. The van der Waals surface area contributed by atoms with Crippen molar-refractivity contribution in [2.75, 3.05) is 0 Å². The Hall–Kier alpha value is -2.21. The molecule has 6 heteroatoms. The number of rotatable bonds is 6. The van der Waals surface area contributed by atoms with E-state index in [2.05, 4.69) is 36.4 Å². The average Bonchev–Trinajstić information content (AvgIpc) is 3.01. The van der Waals surface area contributed by atoms with Gasteiger partial charge in [-0.3, -0.25) is 9.59 Å². The quantitative estimate of drug-likeness (QED) is 0.791. The maximum Gasteiger partial charge on any atom is 0.251 e. The van der Waals surface area contributed by atoms with Crippen molar-refractivity contribution in [3.8, 4) is 0 Å². The number of nitrogens with one attached hydrogen (secondary N) is 2. The van der Waals surface area contributed by atoms with Crippen LogP contribution in [0.4, 0.5) is 0 Å². The topological polar surface area (TPSA) is 71.1 Å². The molecule has 0 spiro atoms. The molecule has 0 saturated carbocycles. The van der Waals surface area contributed by atoms with E-state index in [1.807, 2.05) is 50.4 Å². The minimum Gasteiger partial charge on any atom is -0.349 e. The van der Waals surface area contributed by atoms with Crippen LogP contribution in [0.15, 0.2) is 29.6 Å². The average molecular weight is 388 g/mol. The molecule has 27 heavy (non-hydrogen) atoms. The number of aryl methyl sites for hydroxylation is 1. The van der Waals surface area contributed by atoms with Crippen LogP contribution in [-0.4, -0.2) is 22.8 Å². The minimum atomic E-state index is -0.598. The number of hydrogen-bond donors (Lipinski definition) is 2. The Morgan fingerprint density at radius 2 is 1.78 bits per heavy atom. The third-order valence-electron chi connectivity index (χ3n) is 4.36. The molecule has 2 amide bonds. The van der Waals surface area contributed by atoms with Gasteiger partial charge in [-0.15, -0.1) is 11.3 Å². The van der Waals surface area contributed by atoms with Crippen molar-refractivity contribution in [1.82, 2.24) is 15.6 Å². The molecule has 0 radical (unpaired) electrons. The smallest absolute Gasteiger partial charge is 0.251 e. The zero-order valence-corrected chi connectivity index (χ0v) is 17.7. The van der Waals surface area contributed by atoms with E-state index < -0.39 is 6.04 Å². The van der Waals surface area contributed by atoms with Crippen LogP contribution >= 0.6 is 11.3 Å².